The van der Waals surface area contributed by atoms with E-state index in [0.29, 0.717) is 11.8 Å². The topological polar surface area (TPSA) is 18.5 Å². The number of allylic oxidation sites excluding steroid dienone is 2. The zero-order valence-electron chi connectivity index (χ0n) is 22.4. The molecule has 0 spiro atoms. The first-order valence-corrected chi connectivity index (χ1v) is 12.0. The second kappa shape index (κ2) is 11.0. The number of fused-ring (bicyclic) bond motifs is 1. The highest BCUT2D eigenvalue weighted by Crippen LogP contribution is 2.41. The lowest BCUT2D eigenvalue weighted by molar-refractivity contribution is -0.221. The van der Waals surface area contributed by atoms with Crippen molar-refractivity contribution in [2.45, 2.75) is 104 Å². The van der Waals surface area contributed by atoms with Crippen molar-refractivity contribution in [3.05, 3.63) is 72.9 Å². The summed E-state index contributed by atoms with van der Waals surface area (Å²) in [5, 5.41) is 0. The second-order valence-electron chi connectivity index (χ2n) is 11.4. The highest BCUT2D eigenvalue weighted by atomic mass is 16.5. The van der Waals surface area contributed by atoms with Crippen LogP contribution in [0.4, 0.5) is 0 Å². The van der Waals surface area contributed by atoms with Crippen molar-refractivity contribution in [2.75, 3.05) is 0 Å². The third-order valence-electron chi connectivity index (χ3n) is 5.65. The fourth-order valence-corrected chi connectivity index (χ4v) is 4.46. The Balaban J connectivity index is 0.000000260. The molecule has 2 atom stereocenters. The van der Waals surface area contributed by atoms with Crippen LogP contribution in [0.5, 0.6) is 0 Å². The van der Waals surface area contributed by atoms with Gasteiger partial charge in [-0.15, -0.1) is 6.58 Å². The largest absolute Gasteiger partial charge is 0.365 e. The van der Waals surface area contributed by atoms with Gasteiger partial charge in [0.25, 0.3) is 0 Å². The van der Waals surface area contributed by atoms with Gasteiger partial charge in [-0.05, 0) is 64.5 Å². The molecule has 0 N–H and O–H groups in total. The lowest BCUT2D eigenvalue weighted by atomic mass is 9.82. The van der Waals surface area contributed by atoms with E-state index in [1.807, 2.05) is 12.2 Å². The van der Waals surface area contributed by atoms with Crippen LogP contribution in [0.2, 0.25) is 0 Å². The molecule has 180 valence electrons. The lowest BCUT2D eigenvalue weighted by Crippen LogP contribution is -2.53. The molecule has 1 saturated heterocycles. The Bertz CT molecular complexity index is 764. The molecule has 2 aliphatic heterocycles. The molecule has 0 radical (unpaired) electrons. The van der Waals surface area contributed by atoms with Crippen LogP contribution < -0.4 is 0 Å². The predicted molar refractivity (Wildman–Crippen MR) is 140 cm³/mol. The Morgan fingerprint density at radius 2 is 1.28 bits per heavy atom. The quantitative estimate of drug-likeness (QED) is 0.437. The van der Waals surface area contributed by atoms with E-state index in [4.69, 9.17) is 9.47 Å². The maximum absolute atomic E-state index is 6.12. The summed E-state index contributed by atoms with van der Waals surface area (Å²) in [6, 6.07) is 8.46. The highest BCUT2D eigenvalue weighted by Gasteiger charge is 2.44. The number of rotatable bonds is 4. The smallest absolute Gasteiger partial charge is 0.109 e. The van der Waals surface area contributed by atoms with E-state index in [0.717, 1.165) is 12.8 Å². The molecule has 0 aromatic heterocycles. The third-order valence-corrected chi connectivity index (χ3v) is 5.65. The summed E-state index contributed by atoms with van der Waals surface area (Å²) < 4.78 is 11.7. The van der Waals surface area contributed by atoms with E-state index in [1.54, 1.807) is 0 Å². The van der Waals surface area contributed by atoms with Crippen LogP contribution in [0.25, 0.3) is 0 Å². The first-order valence-electron chi connectivity index (χ1n) is 12.0. The van der Waals surface area contributed by atoms with Crippen LogP contribution in [0, 0.1) is 11.8 Å². The molecule has 2 heterocycles. The van der Waals surface area contributed by atoms with Crippen LogP contribution >= 0.6 is 0 Å². The Morgan fingerprint density at radius 3 is 1.66 bits per heavy atom. The molecular weight excluding hydrogens is 392 g/mol. The fourth-order valence-electron chi connectivity index (χ4n) is 4.46. The number of hydrogen-bond acceptors (Lipinski definition) is 2. The summed E-state index contributed by atoms with van der Waals surface area (Å²) in [6.45, 7) is 29.0. The molecule has 0 amide bonds. The lowest BCUT2D eigenvalue weighted by Gasteiger charge is -2.49. The van der Waals surface area contributed by atoms with Crippen LogP contribution in [0.15, 0.2) is 61.7 Å². The summed E-state index contributed by atoms with van der Waals surface area (Å²) in [6.07, 6.45) is 10.3. The number of ether oxygens (including phenoxy) is 2. The normalized spacial score (nSPS) is 27.4. The van der Waals surface area contributed by atoms with Crippen LogP contribution in [0.3, 0.4) is 0 Å². The van der Waals surface area contributed by atoms with Crippen molar-refractivity contribution in [3.63, 3.8) is 0 Å². The van der Waals surface area contributed by atoms with Crippen molar-refractivity contribution >= 4 is 0 Å². The molecule has 2 unspecified atom stereocenters. The maximum atomic E-state index is 6.12. The van der Waals surface area contributed by atoms with E-state index in [2.05, 4.69) is 119 Å². The van der Waals surface area contributed by atoms with Crippen molar-refractivity contribution in [3.8, 4) is 0 Å². The molecule has 0 saturated carbocycles. The first-order chi connectivity index (χ1) is 14.6. The maximum Gasteiger partial charge on any atom is 0.109 e. The molecule has 0 bridgehead atoms. The summed E-state index contributed by atoms with van der Waals surface area (Å²) in [4.78, 5) is 0. The van der Waals surface area contributed by atoms with Gasteiger partial charge in [0, 0.05) is 12.8 Å². The zero-order valence-corrected chi connectivity index (χ0v) is 22.4. The molecule has 2 aliphatic rings. The monoisotopic (exact) mass is 440 g/mol. The predicted octanol–water partition coefficient (Wildman–Crippen LogP) is 8.42. The number of benzene rings is 1. The summed E-state index contributed by atoms with van der Waals surface area (Å²) in [5.74, 6) is 1.41. The van der Waals surface area contributed by atoms with Gasteiger partial charge >= 0.3 is 0 Å². The van der Waals surface area contributed by atoms with E-state index in [1.165, 1.54) is 11.1 Å². The van der Waals surface area contributed by atoms with Gasteiger partial charge in [-0.1, -0.05) is 82.8 Å². The molecule has 32 heavy (non-hydrogen) atoms. The Hall–Kier alpha value is -1.64. The molecule has 3 rings (SSSR count). The molecule has 1 fully saturated rings. The molecule has 0 aliphatic carbocycles. The SMILES string of the molecule is C=CC1(C)CC(C)(C)O1.C=CC1(C)OC(C)(C)Cc2ccccc21.CC(C)/C=C\C(C)C. The molecule has 2 heteroatoms. The minimum absolute atomic E-state index is 0.0382. The van der Waals surface area contributed by atoms with E-state index < -0.39 is 0 Å². The fraction of sp³-hybridized carbons (Fsp3) is 0.600. The summed E-state index contributed by atoms with van der Waals surface area (Å²) >= 11 is 0. The number of hydrogen-bond donors (Lipinski definition) is 0. The zero-order chi connectivity index (χ0) is 24.8. The Kier molecular flexibility index (Phi) is 9.75. The van der Waals surface area contributed by atoms with Crippen LogP contribution in [-0.4, -0.2) is 16.8 Å². The standard InChI is InChI=1S/C14H18O.C8H14O.C8H16/c1-5-14(4)12-9-7-6-8-11(12)10-13(2,3)15-14;1-5-8(4)6-7(2,3)9-8;1-7(2)5-6-8(3)4/h5-9H,1,10H2,2-4H3;5H,1,6H2,2-4H3;5-8H,1-4H3/b;;6-5-. The van der Waals surface area contributed by atoms with Gasteiger partial charge in [-0.3, -0.25) is 0 Å². The summed E-state index contributed by atoms with van der Waals surface area (Å²) in [7, 11) is 0. The summed E-state index contributed by atoms with van der Waals surface area (Å²) in [5.41, 5.74) is 2.21. The minimum Gasteiger partial charge on any atom is -0.365 e. The molecule has 1 aromatic carbocycles. The second-order valence-corrected chi connectivity index (χ2v) is 11.4. The van der Waals surface area contributed by atoms with Gasteiger partial charge in [-0.25, -0.2) is 0 Å². The van der Waals surface area contributed by atoms with Crippen molar-refractivity contribution in [2.24, 2.45) is 11.8 Å². The van der Waals surface area contributed by atoms with Gasteiger partial charge in [-0.2, -0.15) is 0 Å². The van der Waals surface area contributed by atoms with Crippen molar-refractivity contribution in [1.29, 1.82) is 0 Å². The van der Waals surface area contributed by atoms with E-state index in [9.17, 15) is 0 Å². The van der Waals surface area contributed by atoms with E-state index >= 15 is 0 Å². The van der Waals surface area contributed by atoms with Crippen LogP contribution in [0.1, 0.15) is 86.8 Å². The first kappa shape index (κ1) is 28.4. The van der Waals surface area contributed by atoms with Crippen molar-refractivity contribution < 1.29 is 9.47 Å². The molecule has 2 nitrogen and oxygen atoms in total. The van der Waals surface area contributed by atoms with Crippen LogP contribution in [-0.2, 0) is 21.5 Å². The minimum atomic E-state index is -0.349. The van der Waals surface area contributed by atoms with Gasteiger partial charge in [0.2, 0.25) is 0 Å². The molecular formula is C30H48O2. The van der Waals surface area contributed by atoms with Gasteiger partial charge in [0.15, 0.2) is 0 Å². The average molecular weight is 441 g/mol. The third kappa shape index (κ3) is 8.71. The Morgan fingerprint density at radius 1 is 0.781 bits per heavy atom. The molecule has 1 aromatic rings. The van der Waals surface area contributed by atoms with Gasteiger partial charge in [0.05, 0.1) is 16.8 Å². The van der Waals surface area contributed by atoms with E-state index in [-0.39, 0.29) is 22.4 Å². The van der Waals surface area contributed by atoms with Crippen molar-refractivity contribution in [1.82, 2.24) is 0 Å². The Labute approximate surface area is 198 Å². The van der Waals surface area contributed by atoms with Gasteiger partial charge < -0.3 is 9.47 Å². The van der Waals surface area contributed by atoms with Gasteiger partial charge in [0.1, 0.15) is 5.60 Å². The average Bonchev–Trinajstić information content (AvgIpc) is 2.65. The highest BCUT2D eigenvalue weighted by molar-refractivity contribution is 5.38.